The first kappa shape index (κ1) is 11.6. The van der Waals surface area contributed by atoms with E-state index in [-0.39, 0.29) is 4.34 Å². The van der Waals surface area contributed by atoms with Crippen molar-refractivity contribution in [2.75, 3.05) is 0 Å². The second-order valence-corrected chi connectivity index (χ2v) is 6.34. The molecule has 2 rings (SSSR count). The summed E-state index contributed by atoms with van der Waals surface area (Å²) < 4.78 is 26.7. The van der Waals surface area contributed by atoms with Crippen molar-refractivity contribution in [3.8, 4) is 11.4 Å². The van der Waals surface area contributed by atoms with Gasteiger partial charge in [-0.2, -0.15) is 4.37 Å². The normalized spacial score (nSPS) is 11.6. The van der Waals surface area contributed by atoms with Crippen molar-refractivity contribution < 1.29 is 8.42 Å². The highest BCUT2D eigenvalue weighted by Crippen LogP contribution is 2.21. The first-order valence-corrected chi connectivity index (χ1v) is 7.20. The fourth-order valence-corrected chi connectivity index (χ4v) is 2.48. The Kier molecular flexibility index (Phi) is 3.06. The summed E-state index contributed by atoms with van der Waals surface area (Å²) in [6.07, 6.45) is 0. The molecule has 1 heterocycles. The van der Waals surface area contributed by atoms with Crippen molar-refractivity contribution in [1.29, 1.82) is 0 Å². The van der Waals surface area contributed by atoms with Gasteiger partial charge in [-0.3, -0.25) is 0 Å². The zero-order valence-electron chi connectivity index (χ0n) is 7.79. The Hall–Kier alpha value is -0.830. The number of halogens is 1. The minimum Gasteiger partial charge on any atom is -0.223 e. The van der Waals surface area contributed by atoms with Gasteiger partial charge in [-0.25, -0.2) is 18.5 Å². The van der Waals surface area contributed by atoms with E-state index in [9.17, 15) is 8.42 Å². The van der Waals surface area contributed by atoms with Crippen LogP contribution in [0, 0.1) is 0 Å². The first-order valence-electron chi connectivity index (χ1n) is 4.09. The third-order valence-electron chi connectivity index (χ3n) is 1.75. The second-order valence-electron chi connectivity index (χ2n) is 2.94. The molecule has 0 bridgehead atoms. The van der Waals surface area contributed by atoms with Gasteiger partial charge in [0.1, 0.15) is 0 Å². The van der Waals surface area contributed by atoms with Gasteiger partial charge in [0.2, 0.25) is 4.34 Å². The summed E-state index contributed by atoms with van der Waals surface area (Å²) in [6.45, 7) is 0. The van der Waals surface area contributed by atoms with E-state index in [2.05, 4.69) is 25.3 Å². The third kappa shape index (κ3) is 2.46. The summed E-state index contributed by atoms with van der Waals surface area (Å²) >= 11 is 4.07. The molecule has 16 heavy (non-hydrogen) atoms. The van der Waals surface area contributed by atoms with E-state index < -0.39 is 10.0 Å². The van der Waals surface area contributed by atoms with Crippen molar-refractivity contribution in [2.24, 2.45) is 5.14 Å². The van der Waals surface area contributed by atoms with E-state index in [1.165, 1.54) is 0 Å². The van der Waals surface area contributed by atoms with Crippen molar-refractivity contribution >= 4 is 37.5 Å². The quantitative estimate of drug-likeness (QED) is 0.911. The summed E-state index contributed by atoms with van der Waals surface area (Å²) in [6, 6.07) is 7.23. The fourth-order valence-electron chi connectivity index (χ4n) is 1.04. The van der Waals surface area contributed by atoms with Crippen LogP contribution in [-0.2, 0) is 10.0 Å². The Morgan fingerprint density at radius 2 is 1.88 bits per heavy atom. The number of rotatable bonds is 2. The van der Waals surface area contributed by atoms with Crippen LogP contribution in [0.1, 0.15) is 0 Å². The van der Waals surface area contributed by atoms with Crippen LogP contribution in [0.3, 0.4) is 0 Å². The molecule has 0 saturated carbocycles. The number of hydrogen-bond donors (Lipinski definition) is 1. The summed E-state index contributed by atoms with van der Waals surface area (Å²) in [5.74, 6) is 0.363. The number of aromatic nitrogens is 2. The Labute approximate surface area is 105 Å². The van der Waals surface area contributed by atoms with Gasteiger partial charge >= 0.3 is 0 Å². The molecule has 1 aromatic carbocycles. The average molecular weight is 320 g/mol. The van der Waals surface area contributed by atoms with Gasteiger partial charge in [-0.1, -0.05) is 28.1 Å². The zero-order chi connectivity index (χ0) is 11.8. The summed E-state index contributed by atoms with van der Waals surface area (Å²) in [5, 5.41) is 4.94. The molecule has 0 saturated heterocycles. The number of primary sulfonamides is 1. The van der Waals surface area contributed by atoms with Gasteiger partial charge in [0, 0.05) is 10.0 Å². The summed E-state index contributed by atoms with van der Waals surface area (Å²) in [5.41, 5.74) is 0.745. The van der Waals surface area contributed by atoms with E-state index in [0.29, 0.717) is 5.82 Å². The number of nitrogens with zero attached hydrogens (tertiary/aromatic N) is 2. The van der Waals surface area contributed by atoms with Crippen LogP contribution >= 0.6 is 27.5 Å². The molecule has 5 nitrogen and oxygen atoms in total. The van der Waals surface area contributed by atoms with Crippen molar-refractivity contribution in [3.05, 3.63) is 28.7 Å². The molecule has 2 N–H and O–H groups in total. The van der Waals surface area contributed by atoms with E-state index in [4.69, 9.17) is 5.14 Å². The average Bonchev–Trinajstić information content (AvgIpc) is 2.67. The molecule has 0 fully saturated rings. The van der Waals surface area contributed by atoms with Crippen LogP contribution in [0.2, 0.25) is 0 Å². The topological polar surface area (TPSA) is 85.9 Å². The van der Waals surface area contributed by atoms with Gasteiger partial charge < -0.3 is 0 Å². The lowest BCUT2D eigenvalue weighted by atomic mass is 10.2. The minimum absolute atomic E-state index is 0.176. The Morgan fingerprint density at radius 3 is 2.38 bits per heavy atom. The van der Waals surface area contributed by atoms with Crippen molar-refractivity contribution in [3.63, 3.8) is 0 Å². The van der Waals surface area contributed by atoms with Crippen LogP contribution < -0.4 is 5.14 Å². The van der Waals surface area contributed by atoms with Gasteiger partial charge in [0.05, 0.1) is 0 Å². The van der Waals surface area contributed by atoms with Crippen molar-refractivity contribution in [2.45, 2.75) is 4.34 Å². The third-order valence-corrected chi connectivity index (χ3v) is 4.29. The highest BCUT2D eigenvalue weighted by atomic mass is 79.9. The molecule has 2 aromatic rings. The molecule has 1 aromatic heterocycles. The fraction of sp³-hybridized carbons (Fsp3) is 0. The highest BCUT2D eigenvalue weighted by Gasteiger charge is 2.15. The Bertz CT molecular complexity index is 606. The van der Waals surface area contributed by atoms with Crippen LogP contribution in [0.25, 0.3) is 11.4 Å². The predicted molar refractivity (Wildman–Crippen MR) is 64.4 cm³/mol. The van der Waals surface area contributed by atoms with Gasteiger partial charge in [0.25, 0.3) is 10.0 Å². The maximum atomic E-state index is 11.0. The second kappa shape index (κ2) is 4.21. The number of nitrogens with two attached hydrogens (primary N) is 1. The van der Waals surface area contributed by atoms with Crippen LogP contribution in [-0.4, -0.2) is 17.8 Å². The van der Waals surface area contributed by atoms with Crippen molar-refractivity contribution in [1.82, 2.24) is 9.36 Å². The maximum Gasteiger partial charge on any atom is 0.266 e. The zero-order valence-corrected chi connectivity index (χ0v) is 11.0. The Balaban J connectivity index is 2.43. The molecule has 0 radical (unpaired) electrons. The molecule has 0 amide bonds. The largest absolute Gasteiger partial charge is 0.266 e. The summed E-state index contributed by atoms with van der Waals surface area (Å²) in [7, 11) is -3.76. The minimum atomic E-state index is -3.76. The Morgan fingerprint density at radius 1 is 1.25 bits per heavy atom. The molecule has 0 spiro atoms. The predicted octanol–water partition coefficient (Wildman–Crippen LogP) is 1.62. The van der Waals surface area contributed by atoms with Crippen LogP contribution in [0.4, 0.5) is 0 Å². The van der Waals surface area contributed by atoms with E-state index in [1.807, 2.05) is 12.1 Å². The number of sulfonamides is 1. The summed E-state index contributed by atoms with van der Waals surface area (Å²) in [4.78, 5) is 3.86. The van der Waals surface area contributed by atoms with Gasteiger partial charge in [-0.05, 0) is 23.7 Å². The SMILES string of the molecule is NS(=O)(=O)c1nc(-c2ccc(Br)cc2)ns1. The lowest BCUT2D eigenvalue weighted by molar-refractivity contribution is 0.597. The van der Waals surface area contributed by atoms with Crippen LogP contribution in [0.5, 0.6) is 0 Å². The lowest BCUT2D eigenvalue weighted by Gasteiger charge is -1.94. The van der Waals surface area contributed by atoms with Gasteiger partial charge in [0.15, 0.2) is 5.82 Å². The van der Waals surface area contributed by atoms with E-state index in [1.54, 1.807) is 12.1 Å². The molecular formula is C8H6BrN3O2S2. The molecule has 8 heteroatoms. The standard InChI is InChI=1S/C8H6BrN3O2S2/c9-6-3-1-5(2-4-6)7-11-8(15-12-7)16(10,13)14/h1-4H,(H2,10,13,14). The molecular weight excluding hydrogens is 314 g/mol. The number of hydrogen-bond acceptors (Lipinski definition) is 5. The molecule has 84 valence electrons. The number of benzene rings is 1. The molecule has 0 aliphatic rings. The highest BCUT2D eigenvalue weighted by molar-refractivity contribution is 9.10. The van der Waals surface area contributed by atoms with Crippen LogP contribution in [0.15, 0.2) is 33.1 Å². The monoisotopic (exact) mass is 319 g/mol. The van der Waals surface area contributed by atoms with Gasteiger partial charge in [-0.15, -0.1) is 0 Å². The van der Waals surface area contributed by atoms with E-state index in [0.717, 1.165) is 21.6 Å². The maximum absolute atomic E-state index is 11.0. The molecule has 0 unspecified atom stereocenters. The lowest BCUT2D eigenvalue weighted by Crippen LogP contribution is -2.11. The first-order chi connectivity index (χ1) is 7.47. The molecule has 0 aliphatic carbocycles. The smallest absolute Gasteiger partial charge is 0.223 e. The molecule has 0 atom stereocenters. The van der Waals surface area contributed by atoms with E-state index >= 15 is 0 Å². The molecule has 0 aliphatic heterocycles.